The predicted molar refractivity (Wildman–Crippen MR) is 113 cm³/mol. The van der Waals surface area contributed by atoms with E-state index in [1.54, 1.807) is 6.92 Å². The number of rotatable bonds is 8. The van der Waals surface area contributed by atoms with Gasteiger partial charge in [-0.05, 0) is 42.2 Å². The van der Waals surface area contributed by atoms with Crippen molar-refractivity contribution in [2.45, 2.75) is 25.8 Å². The lowest BCUT2D eigenvalue weighted by Gasteiger charge is -2.18. The summed E-state index contributed by atoms with van der Waals surface area (Å²) in [6, 6.07) is 14.8. The maximum atomic E-state index is 12.1. The number of hydrazone groups is 1. The quantitative estimate of drug-likeness (QED) is 0.170. The molecule has 0 aliphatic rings. The highest BCUT2D eigenvalue weighted by atomic mass is 35.5. The Kier molecular flexibility index (Phi) is 8.45. The van der Waals surface area contributed by atoms with E-state index in [-0.39, 0.29) is 18.9 Å². The van der Waals surface area contributed by atoms with E-state index in [1.165, 1.54) is 0 Å². The third-order valence-corrected chi connectivity index (χ3v) is 4.30. The summed E-state index contributed by atoms with van der Waals surface area (Å²) < 4.78 is 4.99. The van der Waals surface area contributed by atoms with Crippen LogP contribution in [-0.2, 0) is 20.7 Å². The first-order valence-electron chi connectivity index (χ1n) is 9.03. The van der Waals surface area contributed by atoms with Gasteiger partial charge >= 0.3 is 5.97 Å². The number of carbonyl (C=O) groups is 2. The van der Waals surface area contributed by atoms with E-state index >= 15 is 0 Å². The van der Waals surface area contributed by atoms with Crippen LogP contribution in [0.25, 0.3) is 11.1 Å². The smallest absolute Gasteiger partial charge is 0.307 e. The third kappa shape index (κ3) is 7.10. The molecule has 0 aliphatic carbocycles. The Bertz CT molecular complexity index is 871. The molecule has 0 saturated heterocycles. The van der Waals surface area contributed by atoms with E-state index in [1.807, 2.05) is 54.1 Å². The van der Waals surface area contributed by atoms with Gasteiger partial charge in [-0.2, -0.15) is 0 Å². The van der Waals surface area contributed by atoms with Crippen LogP contribution in [-0.4, -0.2) is 30.4 Å². The Morgan fingerprint density at radius 3 is 2.52 bits per heavy atom. The summed E-state index contributed by atoms with van der Waals surface area (Å²) in [5, 5.41) is 6.78. The molecule has 0 fully saturated rings. The number of halogens is 1. The second kappa shape index (κ2) is 11.0. The Labute approximate surface area is 174 Å². The lowest BCUT2D eigenvalue weighted by molar-refractivity contribution is -0.143. The number of nitrogens with zero attached hydrogens (tertiary/aromatic N) is 1. The van der Waals surface area contributed by atoms with Gasteiger partial charge < -0.3 is 15.8 Å². The number of carbonyl (C=O) groups excluding carboxylic acids is 2. The van der Waals surface area contributed by atoms with Crippen molar-refractivity contribution in [3.63, 3.8) is 0 Å². The molecule has 8 nitrogen and oxygen atoms in total. The molecule has 2 aromatic carbocycles. The number of nitrogens with one attached hydrogen (secondary N) is 2. The maximum Gasteiger partial charge on any atom is 0.307 e. The molecule has 6 N–H and O–H groups in total. The van der Waals surface area contributed by atoms with Crippen LogP contribution in [0.15, 0.2) is 53.6 Å². The van der Waals surface area contributed by atoms with E-state index in [4.69, 9.17) is 27.9 Å². The Hall–Kier alpha value is -3.10. The fourth-order valence-corrected chi connectivity index (χ4v) is 2.95. The third-order valence-electron chi connectivity index (χ3n) is 4.07. The van der Waals surface area contributed by atoms with Crippen molar-refractivity contribution in [3.8, 4) is 11.1 Å². The van der Waals surface area contributed by atoms with Crippen molar-refractivity contribution < 1.29 is 14.3 Å². The summed E-state index contributed by atoms with van der Waals surface area (Å²) in [7, 11) is 0. The monoisotopic (exact) mass is 417 g/mol. The fraction of sp³-hybridized carbons (Fsp3) is 0.250. The molecule has 0 spiro atoms. The molecule has 154 valence electrons. The summed E-state index contributed by atoms with van der Waals surface area (Å²) in [5.41, 5.74) is 10.4. The number of hydrogen-bond donors (Lipinski definition) is 4. The minimum Gasteiger partial charge on any atom is -0.466 e. The van der Waals surface area contributed by atoms with Crippen LogP contribution in [0.5, 0.6) is 0 Å². The lowest BCUT2D eigenvalue weighted by Crippen LogP contribution is -2.45. The summed E-state index contributed by atoms with van der Waals surface area (Å²) in [6.45, 7) is 1.98. The van der Waals surface area contributed by atoms with Crippen LogP contribution < -0.4 is 22.4 Å². The number of nitrogens with two attached hydrogens (primary N) is 2. The van der Waals surface area contributed by atoms with E-state index in [0.29, 0.717) is 11.4 Å². The van der Waals surface area contributed by atoms with Gasteiger partial charge in [-0.25, -0.2) is 11.4 Å². The largest absolute Gasteiger partial charge is 0.466 e. The van der Waals surface area contributed by atoms with E-state index in [2.05, 4.69) is 10.4 Å². The number of benzene rings is 2. The number of hydrogen-bond acceptors (Lipinski definition) is 6. The number of amides is 1. The highest BCUT2D eigenvalue weighted by Gasteiger charge is 2.20. The number of hydrazine groups is 1. The zero-order valence-electron chi connectivity index (χ0n) is 16.0. The molecule has 0 aliphatic heterocycles. The molecule has 0 unspecified atom stereocenters. The second-order valence-corrected chi connectivity index (χ2v) is 6.65. The summed E-state index contributed by atoms with van der Waals surface area (Å²) in [6.07, 6.45) is 0.405. The van der Waals surface area contributed by atoms with Gasteiger partial charge in [-0.15, -0.1) is 5.10 Å². The highest BCUT2D eigenvalue weighted by Crippen LogP contribution is 2.23. The molecule has 1 atom stereocenters. The zero-order chi connectivity index (χ0) is 21.2. The minimum atomic E-state index is -0.632. The van der Waals surface area contributed by atoms with Crippen LogP contribution in [0.3, 0.4) is 0 Å². The molecule has 2 rings (SSSR count). The van der Waals surface area contributed by atoms with Crippen molar-refractivity contribution in [2.24, 2.45) is 16.7 Å². The van der Waals surface area contributed by atoms with Crippen LogP contribution in [0.2, 0.25) is 5.02 Å². The van der Waals surface area contributed by atoms with Crippen molar-refractivity contribution in [2.75, 3.05) is 6.61 Å². The lowest BCUT2D eigenvalue weighted by atomic mass is 9.99. The first-order chi connectivity index (χ1) is 13.9. The Morgan fingerprint density at radius 2 is 1.90 bits per heavy atom. The number of amidine groups is 1. The van der Waals surface area contributed by atoms with Gasteiger partial charge in [0.25, 0.3) is 5.91 Å². The Balaban J connectivity index is 2.13. The molecule has 0 saturated carbocycles. The molecule has 0 bridgehead atoms. The average Bonchev–Trinajstić information content (AvgIpc) is 2.68. The summed E-state index contributed by atoms with van der Waals surface area (Å²) >= 11 is 6.05. The maximum absolute atomic E-state index is 12.1. The highest BCUT2D eigenvalue weighted by molar-refractivity contribution is 6.37. The van der Waals surface area contributed by atoms with E-state index in [0.717, 1.165) is 16.7 Å². The first kappa shape index (κ1) is 22.2. The van der Waals surface area contributed by atoms with Crippen LogP contribution in [0, 0.1) is 0 Å². The van der Waals surface area contributed by atoms with Gasteiger partial charge in [0.15, 0.2) is 0 Å². The molecule has 1 amide bonds. The van der Waals surface area contributed by atoms with Crippen LogP contribution in [0.4, 0.5) is 0 Å². The summed E-state index contributed by atoms with van der Waals surface area (Å²) in [4.78, 5) is 24.0. The fourth-order valence-electron chi connectivity index (χ4n) is 2.76. The first-order valence-corrected chi connectivity index (χ1v) is 9.40. The van der Waals surface area contributed by atoms with Crippen molar-refractivity contribution in [1.29, 1.82) is 0 Å². The minimum absolute atomic E-state index is 0.00103. The predicted octanol–water partition coefficient (Wildman–Crippen LogP) is 1.72. The van der Waals surface area contributed by atoms with Crippen molar-refractivity contribution in [1.82, 2.24) is 10.9 Å². The van der Waals surface area contributed by atoms with Crippen LogP contribution in [0.1, 0.15) is 18.9 Å². The van der Waals surface area contributed by atoms with E-state index in [9.17, 15) is 9.59 Å². The summed E-state index contributed by atoms with van der Waals surface area (Å²) in [5.74, 6) is 3.65. The van der Waals surface area contributed by atoms with Gasteiger partial charge in [0.2, 0.25) is 5.84 Å². The molecular weight excluding hydrogens is 394 g/mol. The van der Waals surface area contributed by atoms with Gasteiger partial charge in [0, 0.05) is 11.1 Å². The van der Waals surface area contributed by atoms with Gasteiger partial charge in [-0.1, -0.05) is 48.0 Å². The second-order valence-electron chi connectivity index (χ2n) is 6.22. The zero-order valence-corrected chi connectivity index (χ0v) is 16.8. The topological polar surface area (TPSA) is 132 Å². The molecule has 0 radical (unpaired) electrons. The van der Waals surface area contributed by atoms with Crippen molar-refractivity contribution in [3.05, 3.63) is 59.1 Å². The molecule has 0 aromatic heterocycles. The molecule has 2 aromatic rings. The molecule has 0 heterocycles. The van der Waals surface area contributed by atoms with E-state index < -0.39 is 17.9 Å². The molecule has 9 heteroatoms. The van der Waals surface area contributed by atoms with Crippen molar-refractivity contribution >= 4 is 29.3 Å². The Morgan fingerprint density at radius 1 is 1.17 bits per heavy atom. The normalized spacial score (nSPS) is 12.2. The SMILES string of the molecule is CCOC(=O)C[C@@H](Cc1ccc(-c2cccc(Cl)c2)cc1)NC(=O)C(N)=NNN. The van der Waals surface area contributed by atoms with Gasteiger partial charge in [0.05, 0.1) is 13.0 Å². The standard InChI is InChI=1S/C20H24ClN5O3/c1-2-29-18(27)12-17(24-20(28)19(22)25-26-23)10-13-6-8-14(9-7-13)15-4-3-5-16(21)11-15/h3-9,11,17,26H,2,10,12,23H2,1H3,(H2,22,25)(H,24,28)/t17-/m1/s1. The average molecular weight is 418 g/mol. The van der Waals surface area contributed by atoms with Gasteiger partial charge in [0.1, 0.15) is 0 Å². The van der Waals surface area contributed by atoms with Gasteiger partial charge in [-0.3, -0.25) is 9.59 Å². The molecule has 29 heavy (non-hydrogen) atoms. The molecular formula is C20H24ClN5O3. The number of esters is 1. The van der Waals surface area contributed by atoms with Crippen LogP contribution >= 0.6 is 11.6 Å². The number of ether oxygens (including phenoxy) is 1.